The van der Waals surface area contributed by atoms with Crippen molar-refractivity contribution in [1.29, 1.82) is 0 Å². The minimum atomic E-state index is -0.591. The Morgan fingerprint density at radius 2 is 1.95 bits per heavy atom. The van der Waals surface area contributed by atoms with Crippen molar-refractivity contribution >= 4 is 23.3 Å². The maximum Gasteiger partial charge on any atom is 0.341 e. The molecule has 0 saturated heterocycles. The molecule has 0 atom stereocenters. The average molecular weight is 293 g/mol. The van der Waals surface area contributed by atoms with Crippen LogP contribution in [-0.2, 0) is 4.74 Å². The summed E-state index contributed by atoms with van der Waals surface area (Å²) in [5.74, 6) is -0.591. The maximum absolute atomic E-state index is 11.5. The summed E-state index contributed by atoms with van der Waals surface area (Å²) < 4.78 is 4.61. The molecule has 0 spiro atoms. The molecule has 0 aliphatic heterocycles. The van der Waals surface area contributed by atoms with Crippen molar-refractivity contribution in [3.8, 4) is 11.1 Å². The lowest BCUT2D eigenvalue weighted by Crippen LogP contribution is -2.03. The van der Waals surface area contributed by atoms with Crippen LogP contribution in [0.1, 0.15) is 10.4 Å². The van der Waals surface area contributed by atoms with Gasteiger partial charge in [-0.1, -0.05) is 11.6 Å². The molecule has 1 aromatic heterocycles. The van der Waals surface area contributed by atoms with Gasteiger partial charge in [-0.3, -0.25) is 10.1 Å². The summed E-state index contributed by atoms with van der Waals surface area (Å²) in [7, 11) is 1.25. The standard InChI is InChI=1S/C13H9ClN2O4/c1-20-13(17)11-6-9(7-15-12(11)14)8-2-4-10(5-3-8)16(18)19/h2-7H,1H3. The summed E-state index contributed by atoms with van der Waals surface area (Å²) in [4.78, 5) is 25.5. The lowest BCUT2D eigenvalue weighted by atomic mass is 10.1. The predicted molar refractivity (Wildman–Crippen MR) is 72.7 cm³/mol. The summed E-state index contributed by atoms with van der Waals surface area (Å²) in [6.45, 7) is 0. The van der Waals surface area contributed by atoms with Crippen LogP contribution in [0.25, 0.3) is 11.1 Å². The van der Waals surface area contributed by atoms with Gasteiger partial charge in [0, 0.05) is 23.9 Å². The number of carbonyl (C=O) groups excluding carboxylic acids is 1. The van der Waals surface area contributed by atoms with E-state index in [-0.39, 0.29) is 16.4 Å². The second-order valence-corrected chi connectivity index (χ2v) is 4.22. The molecule has 0 saturated carbocycles. The number of nitro groups is 1. The zero-order chi connectivity index (χ0) is 14.7. The van der Waals surface area contributed by atoms with Gasteiger partial charge in [0.25, 0.3) is 5.69 Å². The van der Waals surface area contributed by atoms with Gasteiger partial charge in [-0.25, -0.2) is 9.78 Å². The van der Waals surface area contributed by atoms with E-state index in [4.69, 9.17) is 11.6 Å². The molecular formula is C13H9ClN2O4. The van der Waals surface area contributed by atoms with Crippen molar-refractivity contribution in [3.63, 3.8) is 0 Å². The third-order valence-electron chi connectivity index (χ3n) is 2.66. The molecule has 1 aromatic carbocycles. The zero-order valence-electron chi connectivity index (χ0n) is 10.4. The van der Waals surface area contributed by atoms with Gasteiger partial charge in [-0.2, -0.15) is 0 Å². The highest BCUT2D eigenvalue weighted by Crippen LogP contribution is 2.25. The van der Waals surface area contributed by atoms with Crippen molar-refractivity contribution in [2.75, 3.05) is 7.11 Å². The van der Waals surface area contributed by atoms with Gasteiger partial charge in [0.2, 0.25) is 0 Å². The number of nitrogens with zero attached hydrogens (tertiary/aromatic N) is 2. The van der Waals surface area contributed by atoms with E-state index in [9.17, 15) is 14.9 Å². The number of rotatable bonds is 3. The van der Waals surface area contributed by atoms with E-state index >= 15 is 0 Å². The van der Waals surface area contributed by atoms with Crippen LogP contribution in [0.4, 0.5) is 5.69 Å². The summed E-state index contributed by atoms with van der Waals surface area (Å²) in [5.41, 5.74) is 1.43. The van der Waals surface area contributed by atoms with Gasteiger partial charge >= 0.3 is 5.97 Å². The van der Waals surface area contributed by atoms with E-state index in [0.29, 0.717) is 11.1 Å². The van der Waals surface area contributed by atoms with E-state index < -0.39 is 10.9 Å². The Bertz CT molecular complexity index is 671. The molecule has 0 N–H and O–H groups in total. The molecule has 1 heterocycles. The van der Waals surface area contributed by atoms with Gasteiger partial charge in [0.15, 0.2) is 0 Å². The molecule has 0 fully saturated rings. The Balaban J connectivity index is 2.42. The van der Waals surface area contributed by atoms with Crippen LogP contribution < -0.4 is 0 Å². The molecule has 0 radical (unpaired) electrons. The molecule has 2 aromatic rings. The molecule has 2 rings (SSSR count). The topological polar surface area (TPSA) is 82.3 Å². The fourth-order valence-electron chi connectivity index (χ4n) is 1.63. The van der Waals surface area contributed by atoms with Crippen molar-refractivity contribution in [1.82, 2.24) is 4.98 Å². The maximum atomic E-state index is 11.5. The third kappa shape index (κ3) is 2.75. The second kappa shape index (κ2) is 5.66. The quantitative estimate of drug-likeness (QED) is 0.376. The smallest absolute Gasteiger partial charge is 0.341 e. The Hall–Kier alpha value is -2.47. The Morgan fingerprint density at radius 3 is 2.50 bits per heavy atom. The predicted octanol–water partition coefficient (Wildman–Crippen LogP) is 3.10. The number of nitro benzene ring substituents is 1. The average Bonchev–Trinajstić information content (AvgIpc) is 2.47. The van der Waals surface area contributed by atoms with Crippen LogP contribution in [0.3, 0.4) is 0 Å². The number of esters is 1. The van der Waals surface area contributed by atoms with Gasteiger partial charge < -0.3 is 4.74 Å². The van der Waals surface area contributed by atoms with E-state index in [0.717, 1.165) is 0 Å². The van der Waals surface area contributed by atoms with Crippen molar-refractivity contribution in [2.24, 2.45) is 0 Å². The molecule has 0 aliphatic rings. The lowest BCUT2D eigenvalue weighted by molar-refractivity contribution is -0.384. The zero-order valence-corrected chi connectivity index (χ0v) is 11.1. The first-order chi connectivity index (χ1) is 9.52. The SMILES string of the molecule is COC(=O)c1cc(-c2ccc([N+](=O)[O-])cc2)cnc1Cl. The van der Waals surface area contributed by atoms with Crippen LogP contribution in [0.5, 0.6) is 0 Å². The number of aromatic nitrogens is 1. The summed E-state index contributed by atoms with van der Waals surface area (Å²) >= 11 is 5.82. The highest BCUT2D eigenvalue weighted by molar-refractivity contribution is 6.32. The minimum Gasteiger partial charge on any atom is -0.465 e. The highest BCUT2D eigenvalue weighted by atomic mass is 35.5. The number of methoxy groups -OCH3 is 1. The number of hydrogen-bond acceptors (Lipinski definition) is 5. The van der Waals surface area contributed by atoms with E-state index in [1.54, 1.807) is 12.1 Å². The number of benzene rings is 1. The molecule has 6 nitrogen and oxygen atoms in total. The van der Waals surface area contributed by atoms with Gasteiger partial charge in [-0.05, 0) is 23.8 Å². The number of ether oxygens (including phenoxy) is 1. The van der Waals surface area contributed by atoms with Gasteiger partial charge in [0.05, 0.1) is 17.6 Å². The molecule has 7 heteroatoms. The lowest BCUT2D eigenvalue weighted by Gasteiger charge is -2.05. The van der Waals surface area contributed by atoms with Gasteiger partial charge in [0.1, 0.15) is 5.15 Å². The molecule has 0 unspecified atom stereocenters. The van der Waals surface area contributed by atoms with E-state index in [1.807, 2.05) is 0 Å². The van der Waals surface area contributed by atoms with E-state index in [2.05, 4.69) is 9.72 Å². The minimum absolute atomic E-state index is 0.0103. The fraction of sp³-hybridized carbons (Fsp3) is 0.0769. The second-order valence-electron chi connectivity index (χ2n) is 3.86. The molecule has 20 heavy (non-hydrogen) atoms. The normalized spacial score (nSPS) is 10.1. The molecular weight excluding hydrogens is 284 g/mol. The molecule has 0 amide bonds. The third-order valence-corrected chi connectivity index (χ3v) is 2.96. The number of pyridine rings is 1. The van der Waals surface area contributed by atoms with Crippen LogP contribution in [0.2, 0.25) is 5.15 Å². The molecule has 102 valence electrons. The first-order valence-electron chi connectivity index (χ1n) is 5.51. The first kappa shape index (κ1) is 14.0. The molecule has 0 bridgehead atoms. The summed E-state index contributed by atoms with van der Waals surface area (Å²) in [6, 6.07) is 7.43. The van der Waals surface area contributed by atoms with Gasteiger partial charge in [-0.15, -0.1) is 0 Å². The van der Waals surface area contributed by atoms with Crippen molar-refractivity contribution < 1.29 is 14.5 Å². The summed E-state index contributed by atoms with van der Waals surface area (Å²) in [5, 5.41) is 10.6. The fourth-order valence-corrected chi connectivity index (χ4v) is 1.82. The number of non-ortho nitro benzene ring substituents is 1. The monoisotopic (exact) mass is 292 g/mol. The Kier molecular flexibility index (Phi) is 3.95. The van der Waals surface area contributed by atoms with Crippen molar-refractivity contribution in [3.05, 3.63) is 57.4 Å². The van der Waals surface area contributed by atoms with E-state index in [1.165, 1.54) is 31.5 Å². The number of carbonyl (C=O) groups is 1. The first-order valence-corrected chi connectivity index (χ1v) is 5.89. The van der Waals surface area contributed by atoms with Crippen LogP contribution in [0.15, 0.2) is 36.5 Å². The Morgan fingerprint density at radius 1 is 1.30 bits per heavy atom. The summed E-state index contributed by atoms with van der Waals surface area (Å²) in [6.07, 6.45) is 1.48. The number of halogens is 1. The highest BCUT2D eigenvalue weighted by Gasteiger charge is 2.14. The largest absolute Gasteiger partial charge is 0.465 e. The van der Waals surface area contributed by atoms with Crippen LogP contribution in [0, 0.1) is 10.1 Å². The molecule has 0 aliphatic carbocycles. The number of hydrogen-bond donors (Lipinski definition) is 0. The Labute approximate surface area is 119 Å². The van der Waals surface area contributed by atoms with Crippen molar-refractivity contribution in [2.45, 2.75) is 0 Å². The van der Waals surface area contributed by atoms with Crippen LogP contribution >= 0.6 is 11.6 Å². The van der Waals surface area contributed by atoms with Crippen LogP contribution in [-0.4, -0.2) is 23.0 Å².